The number of nitrogens with zero attached hydrogens (tertiary/aromatic N) is 2. The highest BCUT2D eigenvalue weighted by molar-refractivity contribution is 5.56. The Hall–Kier alpha value is -2.62. The van der Waals surface area contributed by atoms with Gasteiger partial charge in [-0.1, -0.05) is 41.0 Å². The highest BCUT2D eigenvalue weighted by Crippen LogP contribution is 2.22. The summed E-state index contributed by atoms with van der Waals surface area (Å²) in [4.78, 5) is 0. The number of rotatable bonds is 3. The minimum Gasteiger partial charge on any atom is -0.403 e. The average Bonchev–Trinajstić information content (AvgIpc) is 2.88. The van der Waals surface area contributed by atoms with Crippen LogP contribution in [0, 0.1) is 6.92 Å². The van der Waals surface area contributed by atoms with E-state index in [1.807, 2.05) is 61.5 Å². The second kappa shape index (κ2) is 4.94. The Morgan fingerprint density at radius 2 is 1.79 bits per heavy atom. The van der Waals surface area contributed by atoms with Crippen molar-refractivity contribution in [2.24, 2.45) is 0 Å². The Balaban J connectivity index is 1.84. The smallest absolute Gasteiger partial charge is 0.320 e. The van der Waals surface area contributed by atoms with E-state index in [2.05, 4.69) is 15.5 Å². The Morgan fingerprint density at radius 3 is 2.58 bits per heavy atom. The van der Waals surface area contributed by atoms with Crippen LogP contribution < -0.4 is 5.32 Å². The van der Waals surface area contributed by atoms with Gasteiger partial charge in [0.15, 0.2) is 0 Å². The van der Waals surface area contributed by atoms with Gasteiger partial charge in [-0.3, -0.25) is 0 Å². The van der Waals surface area contributed by atoms with E-state index >= 15 is 0 Å². The molecule has 0 amide bonds. The number of nitrogens with one attached hydrogen (secondary N) is 1. The van der Waals surface area contributed by atoms with Crippen LogP contribution in [-0.4, -0.2) is 10.2 Å². The largest absolute Gasteiger partial charge is 0.403 e. The molecule has 0 spiro atoms. The first-order valence-corrected chi connectivity index (χ1v) is 6.04. The molecule has 0 fully saturated rings. The molecule has 0 aliphatic rings. The third-order valence-electron chi connectivity index (χ3n) is 2.72. The fourth-order valence-corrected chi connectivity index (χ4v) is 1.81. The molecule has 19 heavy (non-hydrogen) atoms. The van der Waals surface area contributed by atoms with Crippen molar-refractivity contribution in [3.05, 3.63) is 60.2 Å². The Kier molecular flexibility index (Phi) is 2.98. The molecule has 0 aliphatic heterocycles. The van der Waals surface area contributed by atoms with Crippen molar-refractivity contribution in [3.8, 4) is 11.5 Å². The molecule has 0 bridgehead atoms. The van der Waals surface area contributed by atoms with Crippen LogP contribution in [0.15, 0.2) is 59.0 Å². The van der Waals surface area contributed by atoms with E-state index in [9.17, 15) is 0 Å². The van der Waals surface area contributed by atoms with Crippen LogP contribution in [0.25, 0.3) is 11.5 Å². The normalized spacial score (nSPS) is 10.4. The Labute approximate surface area is 111 Å². The molecule has 4 nitrogen and oxygen atoms in total. The molecule has 1 N–H and O–H groups in total. The summed E-state index contributed by atoms with van der Waals surface area (Å²) in [6.45, 7) is 2.03. The molecule has 94 valence electrons. The van der Waals surface area contributed by atoms with Gasteiger partial charge in [0, 0.05) is 11.3 Å². The first kappa shape index (κ1) is 11.5. The maximum atomic E-state index is 5.60. The van der Waals surface area contributed by atoms with Gasteiger partial charge in [0.1, 0.15) is 0 Å². The van der Waals surface area contributed by atoms with E-state index in [4.69, 9.17) is 4.42 Å². The minimum absolute atomic E-state index is 0.391. The number of benzene rings is 2. The lowest BCUT2D eigenvalue weighted by Crippen LogP contribution is -1.88. The summed E-state index contributed by atoms with van der Waals surface area (Å²) in [5.41, 5.74) is 3.00. The lowest BCUT2D eigenvalue weighted by Gasteiger charge is -1.99. The van der Waals surface area contributed by atoms with Gasteiger partial charge in [-0.2, -0.15) is 0 Å². The van der Waals surface area contributed by atoms with Crippen molar-refractivity contribution in [1.29, 1.82) is 0 Å². The fraction of sp³-hybridized carbons (Fsp3) is 0.0667. The van der Waals surface area contributed by atoms with E-state index in [1.54, 1.807) is 0 Å². The second-order valence-corrected chi connectivity index (χ2v) is 4.27. The predicted molar refractivity (Wildman–Crippen MR) is 74.2 cm³/mol. The zero-order valence-corrected chi connectivity index (χ0v) is 10.5. The molecule has 1 aromatic heterocycles. The molecule has 0 saturated carbocycles. The summed E-state index contributed by atoms with van der Waals surface area (Å²) >= 11 is 0. The van der Waals surface area contributed by atoms with Crippen LogP contribution in [0.4, 0.5) is 11.7 Å². The van der Waals surface area contributed by atoms with Crippen molar-refractivity contribution >= 4 is 11.7 Å². The SMILES string of the molecule is Cc1cccc(-c2nnc(Nc3ccccc3)o2)c1. The monoisotopic (exact) mass is 251 g/mol. The highest BCUT2D eigenvalue weighted by Gasteiger charge is 2.08. The number of hydrogen-bond acceptors (Lipinski definition) is 4. The number of para-hydroxylation sites is 1. The third kappa shape index (κ3) is 2.63. The van der Waals surface area contributed by atoms with Gasteiger partial charge in [-0.05, 0) is 31.2 Å². The second-order valence-electron chi connectivity index (χ2n) is 4.27. The van der Waals surface area contributed by atoms with Crippen molar-refractivity contribution in [3.63, 3.8) is 0 Å². The molecule has 0 atom stereocenters. The molecule has 0 unspecified atom stereocenters. The first-order valence-electron chi connectivity index (χ1n) is 6.04. The van der Waals surface area contributed by atoms with Gasteiger partial charge in [-0.15, -0.1) is 5.10 Å². The maximum absolute atomic E-state index is 5.60. The van der Waals surface area contributed by atoms with Crippen LogP contribution in [-0.2, 0) is 0 Å². The van der Waals surface area contributed by atoms with Gasteiger partial charge < -0.3 is 9.73 Å². The Bertz CT molecular complexity index is 677. The molecule has 1 heterocycles. The lowest BCUT2D eigenvalue weighted by atomic mass is 10.1. The van der Waals surface area contributed by atoms with Gasteiger partial charge in [0.25, 0.3) is 0 Å². The predicted octanol–water partition coefficient (Wildman–Crippen LogP) is 3.79. The van der Waals surface area contributed by atoms with Crippen LogP contribution in [0.2, 0.25) is 0 Å². The fourth-order valence-electron chi connectivity index (χ4n) is 1.81. The molecule has 0 radical (unpaired) electrons. The zero-order valence-electron chi connectivity index (χ0n) is 10.5. The summed E-state index contributed by atoms with van der Waals surface area (Å²) in [5.74, 6) is 0.516. The highest BCUT2D eigenvalue weighted by atomic mass is 16.4. The molecule has 0 aliphatic carbocycles. The van der Waals surface area contributed by atoms with E-state index in [0.717, 1.165) is 16.8 Å². The van der Waals surface area contributed by atoms with Crippen molar-refractivity contribution in [2.45, 2.75) is 6.92 Å². The number of hydrogen-bond donors (Lipinski definition) is 1. The summed E-state index contributed by atoms with van der Waals surface area (Å²) in [7, 11) is 0. The maximum Gasteiger partial charge on any atom is 0.320 e. The molecule has 3 rings (SSSR count). The summed E-state index contributed by atoms with van der Waals surface area (Å²) in [6.07, 6.45) is 0. The molecular weight excluding hydrogens is 238 g/mol. The molecule has 3 aromatic rings. The minimum atomic E-state index is 0.391. The van der Waals surface area contributed by atoms with Gasteiger partial charge in [0.05, 0.1) is 0 Å². The van der Waals surface area contributed by atoms with Crippen molar-refractivity contribution < 1.29 is 4.42 Å². The standard InChI is InChI=1S/C15H13N3O/c1-11-6-5-7-12(10-11)14-17-18-15(19-14)16-13-8-3-2-4-9-13/h2-10H,1H3,(H,16,18). The van der Waals surface area contributed by atoms with Crippen molar-refractivity contribution in [2.75, 3.05) is 5.32 Å². The van der Waals surface area contributed by atoms with Crippen LogP contribution in [0.1, 0.15) is 5.56 Å². The average molecular weight is 251 g/mol. The topological polar surface area (TPSA) is 51.0 Å². The number of aryl methyl sites for hydroxylation is 1. The van der Waals surface area contributed by atoms with Crippen molar-refractivity contribution in [1.82, 2.24) is 10.2 Å². The molecule has 4 heteroatoms. The van der Waals surface area contributed by atoms with Crippen LogP contribution >= 0.6 is 0 Å². The summed E-state index contributed by atoms with van der Waals surface area (Å²) in [6, 6.07) is 18.1. The van der Waals surface area contributed by atoms with E-state index in [1.165, 1.54) is 0 Å². The van der Waals surface area contributed by atoms with Gasteiger partial charge in [0.2, 0.25) is 5.89 Å². The molecule has 2 aromatic carbocycles. The summed E-state index contributed by atoms with van der Waals surface area (Å²) < 4.78 is 5.60. The lowest BCUT2D eigenvalue weighted by molar-refractivity contribution is 0.587. The Morgan fingerprint density at radius 1 is 0.947 bits per heavy atom. The molecular formula is C15H13N3O. The first-order chi connectivity index (χ1) is 9.31. The summed E-state index contributed by atoms with van der Waals surface area (Å²) in [5, 5.41) is 11.1. The van der Waals surface area contributed by atoms with Gasteiger partial charge in [-0.25, -0.2) is 0 Å². The van der Waals surface area contributed by atoms with Crippen LogP contribution in [0.5, 0.6) is 0 Å². The van der Waals surface area contributed by atoms with Crippen LogP contribution in [0.3, 0.4) is 0 Å². The van der Waals surface area contributed by atoms with E-state index in [0.29, 0.717) is 11.9 Å². The molecule has 0 saturated heterocycles. The quantitative estimate of drug-likeness (QED) is 0.769. The van der Waals surface area contributed by atoms with Gasteiger partial charge >= 0.3 is 6.01 Å². The zero-order chi connectivity index (χ0) is 13.1. The van der Waals surface area contributed by atoms with E-state index in [-0.39, 0.29) is 0 Å². The number of anilines is 2. The third-order valence-corrected chi connectivity index (χ3v) is 2.72. The number of aromatic nitrogens is 2. The van der Waals surface area contributed by atoms with E-state index < -0.39 is 0 Å².